The molecule has 1 aromatic heterocycles. The Balaban J connectivity index is 2.02. The number of nitrogens with zero attached hydrogens (tertiary/aromatic N) is 3. The van der Waals surface area contributed by atoms with Crippen LogP contribution in [0.15, 0.2) is 24.3 Å². The lowest BCUT2D eigenvalue weighted by atomic mass is 9.94. The van der Waals surface area contributed by atoms with Gasteiger partial charge in [0.1, 0.15) is 0 Å². The van der Waals surface area contributed by atoms with Gasteiger partial charge >= 0.3 is 0 Å². The average Bonchev–Trinajstić information content (AvgIpc) is 2.36. The zero-order chi connectivity index (χ0) is 13.4. The largest absolute Gasteiger partial charge is 0.363 e. The molecular formula is C14H16N4O. The maximum Gasteiger partial charge on any atom is 0.286 e. The minimum atomic E-state index is -0.572. The highest BCUT2D eigenvalue weighted by atomic mass is 16.1. The Kier molecular flexibility index (Phi) is 2.91. The first-order valence-electron chi connectivity index (χ1n) is 6.37. The number of primary amides is 1. The molecular weight excluding hydrogens is 240 g/mol. The van der Waals surface area contributed by atoms with Gasteiger partial charge < -0.3 is 10.6 Å². The maximum absolute atomic E-state index is 11.3. The van der Waals surface area contributed by atoms with Crippen LogP contribution in [0.2, 0.25) is 0 Å². The molecule has 0 bridgehead atoms. The number of nitrogens with two attached hydrogens (primary N) is 1. The summed E-state index contributed by atoms with van der Waals surface area (Å²) in [7, 11) is 2.10. The van der Waals surface area contributed by atoms with E-state index in [-0.39, 0.29) is 5.82 Å². The number of benzene rings is 1. The molecule has 1 aromatic carbocycles. The molecule has 1 saturated heterocycles. The Morgan fingerprint density at radius 1 is 1.37 bits per heavy atom. The van der Waals surface area contributed by atoms with Gasteiger partial charge in [-0.15, -0.1) is 0 Å². The molecule has 2 aromatic rings. The number of hydrogen-bond donors (Lipinski definition) is 1. The number of hydrogen-bond acceptors (Lipinski definition) is 4. The number of likely N-dealkylation sites (tertiary alicyclic amines) is 1. The molecule has 1 aliphatic heterocycles. The van der Waals surface area contributed by atoms with Gasteiger partial charge in [0.05, 0.1) is 11.2 Å². The van der Waals surface area contributed by atoms with Gasteiger partial charge in [0.2, 0.25) is 5.82 Å². The number of rotatable bonds is 3. The van der Waals surface area contributed by atoms with Gasteiger partial charge in [-0.25, -0.2) is 9.97 Å². The molecule has 0 spiro atoms. The summed E-state index contributed by atoms with van der Waals surface area (Å²) in [5, 5.41) is 1.02. The molecule has 0 aliphatic carbocycles. The zero-order valence-corrected chi connectivity index (χ0v) is 10.8. The first-order valence-corrected chi connectivity index (χ1v) is 6.37. The lowest BCUT2D eigenvalue weighted by Gasteiger charge is -2.36. The molecule has 0 saturated carbocycles. The van der Waals surface area contributed by atoms with E-state index in [1.807, 2.05) is 24.3 Å². The van der Waals surface area contributed by atoms with Gasteiger partial charge in [0.25, 0.3) is 5.91 Å². The molecule has 2 heterocycles. The summed E-state index contributed by atoms with van der Waals surface area (Å²) in [6, 6.07) is 7.75. The van der Waals surface area contributed by atoms with Crippen molar-refractivity contribution < 1.29 is 4.79 Å². The van der Waals surface area contributed by atoms with Crippen molar-refractivity contribution in [3.63, 3.8) is 0 Å². The van der Waals surface area contributed by atoms with Crippen LogP contribution in [0.4, 0.5) is 0 Å². The van der Waals surface area contributed by atoms with Gasteiger partial charge in [-0.1, -0.05) is 18.2 Å². The third-order valence-electron chi connectivity index (χ3n) is 3.52. The number of amides is 1. The van der Waals surface area contributed by atoms with Gasteiger partial charge in [-0.2, -0.15) is 0 Å². The van der Waals surface area contributed by atoms with Crippen molar-refractivity contribution in [2.45, 2.75) is 6.42 Å². The zero-order valence-electron chi connectivity index (χ0n) is 10.8. The highest BCUT2D eigenvalue weighted by molar-refractivity contribution is 5.92. The SMILES string of the molecule is CN1CC(Cc2nc(C(N)=O)nc3ccccc23)C1. The van der Waals surface area contributed by atoms with Crippen molar-refractivity contribution in [3.8, 4) is 0 Å². The van der Waals surface area contributed by atoms with Gasteiger partial charge in [-0.3, -0.25) is 4.79 Å². The molecule has 98 valence electrons. The Hall–Kier alpha value is -2.01. The van der Waals surface area contributed by atoms with Gasteiger partial charge in [0, 0.05) is 18.5 Å². The molecule has 0 atom stereocenters. The summed E-state index contributed by atoms with van der Waals surface area (Å²) in [4.78, 5) is 22.1. The van der Waals surface area contributed by atoms with Crippen molar-refractivity contribution in [3.05, 3.63) is 35.8 Å². The fourth-order valence-corrected chi connectivity index (χ4v) is 2.64. The van der Waals surface area contributed by atoms with Crippen LogP contribution in [0.1, 0.15) is 16.3 Å². The minimum Gasteiger partial charge on any atom is -0.363 e. The van der Waals surface area contributed by atoms with Crippen LogP contribution in [-0.4, -0.2) is 40.9 Å². The Morgan fingerprint density at radius 3 is 2.79 bits per heavy atom. The highest BCUT2D eigenvalue weighted by Crippen LogP contribution is 2.22. The second kappa shape index (κ2) is 4.59. The van der Waals surface area contributed by atoms with Crippen LogP contribution in [0.3, 0.4) is 0 Å². The number of fused-ring (bicyclic) bond motifs is 1. The van der Waals surface area contributed by atoms with E-state index >= 15 is 0 Å². The number of carbonyl (C=O) groups is 1. The van der Waals surface area contributed by atoms with Gasteiger partial charge in [0.15, 0.2) is 0 Å². The molecule has 3 rings (SSSR count). The lowest BCUT2D eigenvalue weighted by molar-refractivity contribution is 0.0989. The van der Waals surface area contributed by atoms with Crippen molar-refractivity contribution >= 4 is 16.8 Å². The molecule has 1 amide bonds. The van der Waals surface area contributed by atoms with Crippen molar-refractivity contribution in [2.24, 2.45) is 11.7 Å². The quantitative estimate of drug-likeness (QED) is 0.883. The second-order valence-electron chi connectivity index (χ2n) is 5.17. The van der Waals surface area contributed by atoms with Crippen LogP contribution >= 0.6 is 0 Å². The average molecular weight is 256 g/mol. The van der Waals surface area contributed by atoms with Gasteiger partial charge in [-0.05, 0) is 25.5 Å². The minimum absolute atomic E-state index is 0.112. The van der Waals surface area contributed by atoms with Crippen molar-refractivity contribution in [2.75, 3.05) is 20.1 Å². The van der Waals surface area contributed by atoms with E-state index < -0.39 is 5.91 Å². The second-order valence-corrected chi connectivity index (χ2v) is 5.17. The summed E-state index contributed by atoms with van der Waals surface area (Å²) in [6.45, 7) is 2.15. The number of carbonyl (C=O) groups excluding carboxylic acids is 1. The molecule has 2 N–H and O–H groups in total. The summed E-state index contributed by atoms with van der Waals surface area (Å²) in [5.74, 6) is 0.142. The summed E-state index contributed by atoms with van der Waals surface area (Å²) < 4.78 is 0. The van der Waals surface area contributed by atoms with Crippen LogP contribution < -0.4 is 5.73 Å². The number of aromatic nitrogens is 2. The fraction of sp³-hybridized carbons (Fsp3) is 0.357. The van der Waals surface area contributed by atoms with Crippen molar-refractivity contribution in [1.29, 1.82) is 0 Å². The maximum atomic E-state index is 11.3. The summed E-state index contributed by atoms with van der Waals surface area (Å²) in [5.41, 5.74) is 7.02. The third kappa shape index (κ3) is 2.29. The van der Waals surface area contributed by atoms with E-state index in [0.717, 1.165) is 36.1 Å². The Labute approximate surface area is 111 Å². The normalized spacial score (nSPS) is 16.5. The smallest absolute Gasteiger partial charge is 0.286 e. The van der Waals surface area contributed by atoms with E-state index in [1.165, 1.54) is 0 Å². The van der Waals surface area contributed by atoms with E-state index in [9.17, 15) is 4.79 Å². The van der Waals surface area contributed by atoms with Crippen molar-refractivity contribution in [1.82, 2.24) is 14.9 Å². The standard InChI is InChI=1S/C14H16N4O/c1-18-7-9(8-18)6-12-10-4-2-3-5-11(10)16-14(17-12)13(15)19/h2-5,9H,6-8H2,1H3,(H2,15,19). The first-order chi connectivity index (χ1) is 9.13. The fourth-order valence-electron chi connectivity index (χ4n) is 2.64. The monoisotopic (exact) mass is 256 g/mol. The van der Waals surface area contributed by atoms with Crippen LogP contribution in [0.5, 0.6) is 0 Å². The van der Waals surface area contributed by atoms with Crippen LogP contribution in [0.25, 0.3) is 10.9 Å². The molecule has 5 nitrogen and oxygen atoms in total. The van der Waals surface area contributed by atoms with E-state index in [1.54, 1.807) is 0 Å². The highest BCUT2D eigenvalue weighted by Gasteiger charge is 2.25. The molecule has 1 aliphatic rings. The Bertz CT molecular complexity index is 634. The predicted molar refractivity (Wildman–Crippen MR) is 72.7 cm³/mol. The lowest BCUT2D eigenvalue weighted by Crippen LogP contribution is -2.44. The molecule has 0 unspecified atom stereocenters. The van der Waals surface area contributed by atoms with Crippen LogP contribution in [-0.2, 0) is 6.42 Å². The van der Waals surface area contributed by atoms with E-state index in [2.05, 4.69) is 21.9 Å². The first kappa shape index (κ1) is 12.0. The molecule has 1 fully saturated rings. The van der Waals surface area contributed by atoms with E-state index in [0.29, 0.717) is 5.92 Å². The predicted octanol–water partition coefficient (Wildman–Crippen LogP) is 0.833. The number of para-hydroxylation sites is 1. The third-order valence-corrected chi connectivity index (χ3v) is 3.52. The summed E-state index contributed by atoms with van der Waals surface area (Å²) >= 11 is 0. The van der Waals surface area contributed by atoms with E-state index in [4.69, 9.17) is 5.73 Å². The topological polar surface area (TPSA) is 72.1 Å². The molecule has 5 heteroatoms. The summed E-state index contributed by atoms with van der Waals surface area (Å²) in [6.07, 6.45) is 0.869. The Morgan fingerprint density at radius 2 is 2.11 bits per heavy atom. The molecule has 0 radical (unpaired) electrons. The molecule has 19 heavy (non-hydrogen) atoms. The van der Waals surface area contributed by atoms with Crippen LogP contribution in [0, 0.1) is 5.92 Å².